The largest absolute Gasteiger partial charge is 0.434 e. The number of ether oxygens (including phenoxy) is 1. The van der Waals surface area contributed by atoms with Crippen LogP contribution in [0.2, 0.25) is 0 Å². The van der Waals surface area contributed by atoms with Crippen molar-refractivity contribution in [1.29, 1.82) is 0 Å². The first kappa shape index (κ1) is 20.1. The van der Waals surface area contributed by atoms with Gasteiger partial charge >= 0.3 is 6.61 Å². The Labute approximate surface area is 169 Å². The second-order valence-corrected chi connectivity index (χ2v) is 8.99. The van der Waals surface area contributed by atoms with Crippen molar-refractivity contribution in [1.82, 2.24) is 5.32 Å². The van der Waals surface area contributed by atoms with Crippen molar-refractivity contribution in [2.45, 2.75) is 58.1 Å². The maximum absolute atomic E-state index is 12.4. The molecule has 0 spiro atoms. The Bertz CT molecular complexity index is 733. The molecule has 1 unspecified atom stereocenters. The third-order valence-corrected chi connectivity index (χ3v) is 6.98. The molecular weight excluding hydrogens is 378 g/mol. The van der Waals surface area contributed by atoms with Gasteiger partial charge < -0.3 is 14.9 Å². The van der Waals surface area contributed by atoms with Crippen LogP contribution in [-0.4, -0.2) is 31.4 Å². The maximum Gasteiger partial charge on any atom is 0.387 e. The summed E-state index contributed by atoms with van der Waals surface area (Å²) < 4.78 is 29.3. The van der Waals surface area contributed by atoms with Crippen molar-refractivity contribution in [3.8, 4) is 5.75 Å². The van der Waals surface area contributed by atoms with Crippen LogP contribution in [0.4, 0.5) is 8.78 Å². The monoisotopic (exact) mass is 406 g/mol. The number of benzene rings is 1. The smallest absolute Gasteiger partial charge is 0.387 e. The van der Waals surface area contributed by atoms with E-state index < -0.39 is 6.61 Å². The molecule has 7 heteroatoms. The van der Waals surface area contributed by atoms with Crippen molar-refractivity contribution in [2.75, 3.05) is 6.61 Å². The summed E-state index contributed by atoms with van der Waals surface area (Å²) in [6, 6.07) is 6.40. The quantitative estimate of drug-likeness (QED) is 0.515. The molecule has 158 valence electrons. The molecule has 0 aromatic heterocycles. The molecule has 4 saturated carbocycles. The van der Waals surface area contributed by atoms with E-state index in [9.17, 15) is 13.6 Å². The molecule has 4 fully saturated rings. The second kappa shape index (κ2) is 8.28. The molecule has 29 heavy (non-hydrogen) atoms. The lowest BCUT2D eigenvalue weighted by Gasteiger charge is -2.59. The zero-order valence-electron chi connectivity index (χ0n) is 16.7. The van der Waals surface area contributed by atoms with E-state index in [0.717, 1.165) is 17.8 Å². The lowest BCUT2D eigenvalue weighted by molar-refractivity contribution is -0.130. The fourth-order valence-electron chi connectivity index (χ4n) is 6.12. The van der Waals surface area contributed by atoms with Gasteiger partial charge in [-0.3, -0.25) is 4.79 Å². The number of hydrogen-bond acceptors (Lipinski definition) is 4. The minimum absolute atomic E-state index is 0.00902. The number of nitrogens with zero attached hydrogens (tertiary/aromatic N) is 1. The fourth-order valence-corrected chi connectivity index (χ4v) is 6.12. The Morgan fingerprint density at radius 1 is 1.21 bits per heavy atom. The first-order valence-corrected chi connectivity index (χ1v) is 10.4. The molecule has 0 radical (unpaired) electrons. The van der Waals surface area contributed by atoms with Gasteiger partial charge in [0.15, 0.2) is 6.61 Å². The molecule has 1 aromatic rings. The number of hydrogen-bond donors (Lipinski definition) is 1. The van der Waals surface area contributed by atoms with E-state index in [1.54, 1.807) is 18.2 Å². The standard InChI is InChI=1S/C22H28F2N2O3/c1-14(22-9-15-6-16(10-22)8-17(7-15)11-22)26-20(27)13-28-25-12-18-4-2-3-5-19(18)29-21(23)24/h2-5,12,14-17,21H,6-11,13H2,1H3,(H,26,27). The molecule has 1 N–H and O–H groups in total. The van der Waals surface area contributed by atoms with E-state index in [1.165, 1.54) is 50.8 Å². The summed E-state index contributed by atoms with van der Waals surface area (Å²) >= 11 is 0. The van der Waals surface area contributed by atoms with E-state index in [2.05, 4.69) is 22.1 Å². The molecule has 0 saturated heterocycles. The average Bonchev–Trinajstić information content (AvgIpc) is 2.65. The number of carbonyl (C=O) groups excluding carboxylic acids is 1. The van der Waals surface area contributed by atoms with Crippen LogP contribution >= 0.6 is 0 Å². The Kier molecular flexibility index (Phi) is 5.74. The van der Waals surface area contributed by atoms with Crippen LogP contribution in [0.5, 0.6) is 5.75 Å². The van der Waals surface area contributed by atoms with Crippen molar-refractivity contribution >= 4 is 12.1 Å². The van der Waals surface area contributed by atoms with Gasteiger partial charge in [-0.2, -0.15) is 8.78 Å². The number of carbonyl (C=O) groups is 1. The molecule has 1 atom stereocenters. The Balaban J connectivity index is 1.27. The van der Waals surface area contributed by atoms with Gasteiger partial charge in [0.05, 0.1) is 6.21 Å². The first-order valence-electron chi connectivity index (χ1n) is 10.4. The molecule has 1 aromatic carbocycles. The number of amides is 1. The zero-order valence-corrected chi connectivity index (χ0v) is 16.7. The van der Waals surface area contributed by atoms with E-state index >= 15 is 0 Å². The number of halogens is 2. The second-order valence-electron chi connectivity index (χ2n) is 8.99. The van der Waals surface area contributed by atoms with Crippen LogP contribution in [-0.2, 0) is 9.63 Å². The number of alkyl halides is 2. The van der Waals surface area contributed by atoms with Crippen LogP contribution in [0.1, 0.15) is 51.0 Å². The van der Waals surface area contributed by atoms with Gasteiger partial charge in [-0.05, 0) is 80.8 Å². The summed E-state index contributed by atoms with van der Waals surface area (Å²) in [5.41, 5.74) is 0.592. The highest BCUT2D eigenvalue weighted by molar-refractivity contribution is 5.83. The molecule has 4 bridgehead atoms. The number of nitrogens with one attached hydrogen (secondary N) is 1. The molecule has 4 aliphatic carbocycles. The van der Waals surface area contributed by atoms with E-state index in [-0.39, 0.29) is 29.7 Å². The highest BCUT2D eigenvalue weighted by Gasteiger charge is 2.53. The molecule has 5 nitrogen and oxygen atoms in total. The van der Waals surface area contributed by atoms with Crippen molar-refractivity contribution in [2.24, 2.45) is 28.3 Å². The molecule has 4 aliphatic rings. The highest BCUT2D eigenvalue weighted by Crippen LogP contribution is 2.61. The lowest BCUT2D eigenvalue weighted by atomic mass is 9.48. The third kappa shape index (κ3) is 4.54. The molecule has 5 rings (SSSR count). The summed E-state index contributed by atoms with van der Waals surface area (Å²) in [7, 11) is 0. The van der Waals surface area contributed by atoms with Gasteiger partial charge in [0.1, 0.15) is 5.75 Å². The van der Waals surface area contributed by atoms with Crippen molar-refractivity contribution in [3.63, 3.8) is 0 Å². The minimum atomic E-state index is -2.91. The van der Waals surface area contributed by atoms with Crippen molar-refractivity contribution < 1.29 is 23.1 Å². The SMILES string of the molecule is CC(NC(=O)CON=Cc1ccccc1OC(F)F)C12CC3CC(CC(C3)C1)C2. The Morgan fingerprint density at radius 2 is 1.83 bits per heavy atom. The first-order chi connectivity index (χ1) is 13.9. The van der Waals surface area contributed by atoms with Crippen molar-refractivity contribution in [3.05, 3.63) is 29.8 Å². The maximum atomic E-state index is 12.4. The van der Waals surface area contributed by atoms with Crippen LogP contribution in [0.25, 0.3) is 0 Å². The van der Waals surface area contributed by atoms with Gasteiger partial charge in [-0.15, -0.1) is 0 Å². The minimum Gasteiger partial charge on any atom is -0.434 e. The molecule has 0 heterocycles. The zero-order chi connectivity index (χ0) is 20.4. The van der Waals surface area contributed by atoms with E-state index in [0.29, 0.717) is 5.56 Å². The summed E-state index contributed by atoms with van der Waals surface area (Å²) in [5.74, 6) is 2.29. The predicted octanol–water partition coefficient (Wildman–Crippen LogP) is 4.36. The molecule has 0 aliphatic heterocycles. The van der Waals surface area contributed by atoms with Gasteiger partial charge in [0.2, 0.25) is 0 Å². The van der Waals surface area contributed by atoms with Crippen LogP contribution in [0.15, 0.2) is 29.4 Å². The van der Waals surface area contributed by atoms with E-state index in [4.69, 9.17) is 4.84 Å². The van der Waals surface area contributed by atoms with Gasteiger partial charge in [-0.25, -0.2) is 0 Å². The van der Waals surface area contributed by atoms with Gasteiger partial charge in [0, 0.05) is 11.6 Å². The molecular formula is C22H28F2N2O3. The Hall–Kier alpha value is -2.18. The summed E-state index contributed by atoms with van der Waals surface area (Å²) in [6.07, 6.45) is 9.05. The number of rotatable bonds is 8. The molecule has 1 amide bonds. The predicted molar refractivity (Wildman–Crippen MR) is 105 cm³/mol. The van der Waals surface area contributed by atoms with Gasteiger partial charge in [0.25, 0.3) is 5.91 Å². The van der Waals surface area contributed by atoms with E-state index in [1.807, 2.05) is 0 Å². The fraction of sp³-hybridized carbons (Fsp3) is 0.636. The average molecular weight is 406 g/mol. The normalized spacial score (nSPS) is 31.2. The van der Waals surface area contributed by atoms with Crippen LogP contribution in [0, 0.1) is 23.2 Å². The van der Waals surface area contributed by atoms with Gasteiger partial charge in [-0.1, -0.05) is 17.3 Å². The van der Waals surface area contributed by atoms with Crippen LogP contribution in [0.3, 0.4) is 0 Å². The topological polar surface area (TPSA) is 59.9 Å². The summed E-state index contributed by atoms with van der Waals surface area (Å²) in [4.78, 5) is 17.4. The summed E-state index contributed by atoms with van der Waals surface area (Å²) in [5, 5.41) is 6.85. The third-order valence-electron chi connectivity index (χ3n) is 6.98. The van der Waals surface area contributed by atoms with Crippen LogP contribution < -0.4 is 10.1 Å². The number of para-hydroxylation sites is 1. The Morgan fingerprint density at radius 3 is 2.45 bits per heavy atom. The summed E-state index contributed by atoms with van der Waals surface area (Å²) in [6.45, 7) is -1.00. The number of oxime groups is 1. The highest BCUT2D eigenvalue weighted by atomic mass is 19.3. The lowest BCUT2D eigenvalue weighted by Crippen LogP contribution is -2.56.